The minimum Gasteiger partial charge on any atom is -0.495 e. The number of hydrogen-bond donors (Lipinski definition) is 1. The Morgan fingerprint density at radius 2 is 2.14 bits per heavy atom. The van der Waals surface area contributed by atoms with Crippen molar-refractivity contribution in [1.29, 1.82) is 0 Å². The first-order valence-electron chi connectivity index (χ1n) is 9.72. The van der Waals surface area contributed by atoms with Crippen LogP contribution >= 0.6 is 11.3 Å². The number of piperidine rings is 1. The Labute approximate surface area is 174 Å². The molecule has 1 saturated heterocycles. The quantitative estimate of drug-likeness (QED) is 0.679. The van der Waals surface area contributed by atoms with Crippen LogP contribution in [0.1, 0.15) is 18.4 Å². The maximum absolute atomic E-state index is 12.9. The smallest absolute Gasteiger partial charge is 0.229 e. The summed E-state index contributed by atoms with van der Waals surface area (Å²) < 4.78 is 5.38. The average molecular weight is 409 g/mol. The van der Waals surface area contributed by atoms with E-state index in [2.05, 4.69) is 20.4 Å². The third-order valence-corrected chi connectivity index (χ3v) is 6.05. The van der Waals surface area contributed by atoms with E-state index in [4.69, 9.17) is 4.74 Å². The fourth-order valence-corrected chi connectivity index (χ4v) is 4.29. The number of benzene rings is 1. The van der Waals surface area contributed by atoms with Crippen LogP contribution in [0.5, 0.6) is 5.75 Å². The molecule has 2 aromatic heterocycles. The summed E-state index contributed by atoms with van der Waals surface area (Å²) in [6.07, 6.45) is 1.80. The highest BCUT2D eigenvalue weighted by Crippen LogP contribution is 2.28. The summed E-state index contributed by atoms with van der Waals surface area (Å²) in [6.45, 7) is 3.51. The van der Waals surface area contributed by atoms with Crippen molar-refractivity contribution in [3.63, 3.8) is 0 Å². The number of anilines is 2. The van der Waals surface area contributed by atoms with Crippen LogP contribution in [-0.4, -0.2) is 36.3 Å². The van der Waals surface area contributed by atoms with E-state index in [-0.39, 0.29) is 11.8 Å². The van der Waals surface area contributed by atoms with E-state index in [0.717, 1.165) is 47.0 Å². The molecular formula is C22H24N4O2S. The molecule has 1 N–H and O–H groups in total. The van der Waals surface area contributed by atoms with Crippen LogP contribution in [0.25, 0.3) is 10.6 Å². The lowest BCUT2D eigenvalue weighted by molar-refractivity contribution is -0.120. The van der Waals surface area contributed by atoms with Crippen molar-refractivity contribution in [1.82, 2.24) is 10.2 Å². The first-order valence-corrected chi connectivity index (χ1v) is 10.6. The Balaban J connectivity index is 1.44. The highest BCUT2D eigenvalue weighted by atomic mass is 32.1. The second kappa shape index (κ2) is 8.61. The number of carbonyl (C=O) groups excluding carboxylic acids is 1. The van der Waals surface area contributed by atoms with Crippen LogP contribution in [0.3, 0.4) is 0 Å². The number of carbonyl (C=O) groups is 1. The molecule has 29 heavy (non-hydrogen) atoms. The molecule has 7 heteroatoms. The summed E-state index contributed by atoms with van der Waals surface area (Å²) in [6, 6.07) is 13.8. The van der Waals surface area contributed by atoms with Gasteiger partial charge in [-0.3, -0.25) is 4.79 Å². The van der Waals surface area contributed by atoms with Crippen molar-refractivity contribution in [3.8, 4) is 16.3 Å². The van der Waals surface area contributed by atoms with Gasteiger partial charge in [-0.1, -0.05) is 12.1 Å². The predicted molar refractivity (Wildman–Crippen MR) is 117 cm³/mol. The van der Waals surface area contributed by atoms with Crippen molar-refractivity contribution in [2.24, 2.45) is 5.92 Å². The van der Waals surface area contributed by atoms with Gasteiger partial charge in [-0.2, -0.15) is 0 Å². The Morgan fingerprint density at radius 3 is 2.86 bits per heavy atom. The van der Waals surface area contributed by atoms with Gasteiger partial charge in [-0.15, -0.1) is 21.5 Å². The van der Waals surface area contributed by atoms with Gasteiger partial charge in [0.25, 0.3) is 0 Å². The van der Waals surface area contributed by atoms with Crippen molar-refractivity contribution in [2.75, 3.05) is 30.4 Å². The molecule has 1 aromatic carbocycles. The fraction of sp³-hybridized carbons (Fsp3) is 0.318. The molecule has 4 rings (SSSR count). The van der Waals surface area contributed by atoms with Gasteiger partial charge < -0.3 is 15.0 Å². The van der Waals surface area contributed by atoms with E-state index in [1.807, 2.05) is 54.8 Å². The minimum atomic E-state index is -0.104. The zero-order chi connectivity index (χ0) is 20.2. The molecule has 1 aliphatic heterocycles. The van der Waals surface area contributed by atoms with Gasteiger partial charge in [0.05, 0.1) is 23.6 Å². The number of methoxy groups -OCH3 is 1. The third-order valence-electron chi connectivity index (χ3n) is 5.15. The Bertz CT molecular complexity index is 973. The lowest BCUT2D eigenvalue weighted by atomic mass is 9.97. The van der Waals surface area contributed by atoms with Crippen molar-refractivity contribution >= 4 is 28.7 Å². The Hall–Kier alpha value is -2.93. The molecular weight excluding hydrogens is 384 g/mol. The summed E-state index contributed by atoms with van der Waals surface area (Å²) in [5.41, 5.74) is 2.67. The van der Waals surface area contributed by atoms with E-state index in [0.29, 0.717) is 12.3 Å². The Morgan fingerprint density at radius 1 is 1.24 bits per heavy atom. The molecule has 1 unspecified atom stereocenters. The van der Waals surface area contributed by atoms with E-state index in [1.54, 1.807) is 18.4 Å². The molecule has 1 amide bonds. The maximum Gasteiger partial charge on any atom is 0.229 e. The highest BCUT2D eigenvalue weighted by Gasteiger charge is 2.27. The molecule has 0 radical (unpaired) electrons. The molecule has 0 spiro atoms. The number of nitrogens with zero attached hydrogens (tertiary/aromatic N) is 3. The largest absolute Gasteiger partial charge is 0.495 e. The van der Waals surface area contributed by atoms with Gasteiger partial charge in [-0.25, -0.2) is 0 Å². The zero-order valence-corrected chi connectivity index (χ0v) is 17.4. The zero-order valence-electron chi connectivity index (χ0n) is 16.6. The van der Waals surface area contributed by atoms with Crippen LogP contribution in [-0.2, 0) is 4.79 Å². The summed E-state index contributed by atoms with van der Waals surface area (Å²) in [7, 11) is 1.61. The number of nitrogens with one attached hydrogen (secondary N) is 1. The molecule has 1 aliphatic rings. The molecule has 1 atom stereocenters. The highest BCUT2D eigenvalue weighted by molar-refractivity contribution is 7.13. The van der Waals surface area contributed by atoms with E-state index in [1.165, 1.54) is 0 Å². The van der Waals surface area contributed by atoms with Gasteiger partial charge in [0.1, 0.15) is 11.4 Å². The summed E-state index contributed by atoms with van der Waals surface area (Å²) in [5.74, 6) is 1.40. The lowest BCUT2D eigenvalue weighted by Crippen LogP contribution is -2.41. The van der Waals surface area contributed by atoms with Gasteiger partial charge in [-0.05, 0) is 61.0 Å². The molecule has 3 heterocycles. The minimum absolute atomic E-state index is 0.0155. The predicted octanol–water partition coefficient (Wildman–Crippen LogP) is 4.38. The van der Waals surface area contributed by atoms with Gasteiger partial charge in [0, 0.05) is 13.1 Å². The monoisotopic (exact) mass is 408 g/mol. The number of hydrogen-bond acceptors (Lipinski definition) is 6. The fourth-order valence-electron chi connectivity index (χ4n) is 3.60. The number of aromatic nitrogens is 2. The topological polar surface area (TPSA) is 67.3 Å². The number of amides is 1. The molecule has 150 valence electrons. The number of ether oxygens (including phenoxy) is 1. The second-order valence-electron chi connectivity index (χ2n) is 7.23. The normalized spacial score (nSPS) is 16.5. The summed E-state index contributed by atoms with van der Waals surface area (Å²) in [5, 5.41) is 13.9. The standard InChI is InChI=1S/C22H24N4O2S/c1-15-7-9-19(28-2)18(13-15)23-22(27)16-5-3-11-26(14-16)21-10-8-17(24-25-21)20-6-4-12-29-20/h4,6-10,12-13,16H,3,5,11,14H2,1-2H3,(H,23,27). The van der Waals surface area contributed by atoms with Crippen LogP contribution < -0.4 is 15.0 Å². The van der Waals surface area contributed by atoms with Crippen LogP contribution in [0, 0.1) is 12.8 Å². The number of thiophene rings is 1. The molecule has 6 nitrogen and oxygen atoms in total. The number of aryl methyl sites for hydroxylation is 1. The molecule has 0 saturated carbocycles. The SMILES string of the molecule is COc1ccc(C)cc1NC(=O)C1CCCN(c2ccc(-c3cccs3)nn2)C1. The van der Waals surface area contributed by atoms with E-state index >= 15 is 0 Å². The van der Waals surface area contributed by atoms with Crippen molar-refractivity contribution in [3.05, 3.63) is 53.4 Å². The summed E-state index contributed by atoms with van der Waals surface area (Å²) >= 11 is 1.65. The lowest BCUT2D eigenvalue weighted by Gasteiger charge is -2.32. The third kappa shape index (κ3) is 4.40. The molecule has 3 aromatic rings. The Kier molecular flexibility index (Phi) is 5.76. The van der Waals surface area contributed by atoms with Crippen molar-refractivity contribution in [2.45, 2.75) is 19.8 Å². The van der Waals surface area contributed by atoms with E-state index in [9.17, 15) is 4.79 Å². The van der Waals surface area contributed by atoms with E-state index < -0.39 is 0 Å². The van der Waals surface area contributed by atoms with Crippen LogP contribution in [0.15, 0.2) is 47.8 Å². The van der Waals surface area contributed by atoms with Crippen LogP contribution in [0.2, 0.25) is 0 Å². The van der Waals surface area contributed by atoms with Gasteiger partial charge in [0.15, 0.2) is 5.82 Å². The first kappa shape index (κ1) is 19.4. The molecule has 1 fully saturated rings. The first-order chi connectivity index (χ1) is 14.1. The maximum atomic E-state index is 12.9. The molecule has 0 aliphatic carbocycles. The van der Waals surface area contributed by atoms with Gasteiger partial charge >= 0.3 is 0 Å². The molecule has 0 bridgehead atoms. The number of rotatable bonds is 5. The second-order valence-corrected chi connectivity index (χ2v) is 8.18. The summed E-state index contributed by atoms with van der Waals surface area (Å²) in [4.78, 5) is 16.2. The average Bonchev–Trinajstić information content (AvgIpc) is 3.29. The van der Waals surface area contributed by atoms with Gasteiger partial charge in [0.2, 0.25) is 5.91 Å². The van der Waals surface area contributed by atoms with Crippen LogP contribution in [0.4, 0.5) is 11.5 Å². The van der Waals surface area contributed by atoms with Crippen molar-refractivity contribution < 1.29 is 9.53 Å².